The molecule has 1 aliphatic heterocycles. The Morgan fingerprint density at radius 1 is 1.03 bits per heavy atom. The highest BCUT2D eigenvalue weighted by atomic mass is 16.5. The third-order valence-electron chi connectivity index (χ3n) is 5.16. The van der Waals surface area contributed by atoms with E-state index < -0.39 is 23.4 Å². The van der Waals surface area contributed by atoms with Gasteiger partial charge in [-0.3, -0.25) is 10.2 Å². The summed E-state index contributed by atoms with van der Waals surface area (Å²) in [5.74, 6) is -1.93. The van der Waals surface area contributed by atoms with Crippen LogP contribution >= 0.6 is 0 Å². The first kappa shape index (κ1) is 19.5. The summed E-state index contributed by atoms with van der Waals surface area (Å²) in [5.41, 5.74) is 0.383. The molecule has 1 aliphatic rings. The van der Waals surface area contributed by atoms with E-state index in [1.165, 1.54) is 21.3 Å². The van der Waals surface area contributed by atoms with Crippen molar-refractivity contribution in [2.75, 3.05) is 21.3 Å². The molecule has 1 N–H and O–H groups in total. The Kier molecular flexibility index (Phi) is 4.91. The number of carbonyl (C=O) groups is 1. The van der Waals surface area contributed by atoms with E-state index in [4.69, 9.17) is 28.8 Å². The van der Waals surface area contributed by atoms with E-state index in [1.807, 2.05) is 0 Å². The maximum Gasteiger partial charge on any atom is 0.343 e. The molecule has 8 heteroatoms. The Labute approximate surface area is 171 Å². The summed E-state index contributed by atoms with van der Waals surface area (Å²) in [6.45, 7) is 0. The van der Waals surface area contributed by atoms with Gasteiger partial charge in [0.2, 0.25) is 5.90 Å². The van der Waals surface area contributed by atoms with Gasteiger partial charge in [-0.25, -0.2) is 4.79 Å². The third-order valence-corrected chi connectivity index (χ3v) is 5.16. The summed E-state index contributed by atoms with van der Waals surface area (Å²) in [4.78, 5) is 25.6. The molecule has 3 aromatic rings. The summed E-state index contributed by atoms with van der Waals surface area (Å²) in [6, 6.07) is 11.9. The normalized spacial score (nSPS) is 17.8. The minimum atomic E-state index is -1.16. The van der Waals surface area contributed by atoms with Crippen molar-refractivity contribution in [2.45, 2.75) is 5.92 Å². The fourth-order valence-electron chi connectivity index (χ4n) is 3.78. The van der Waals surface area contributed by atoms with Crippen molar-refractivity contribution in [1.82, 2.24) is 0 Å². The van der Waals surface area contributed by atoms with Crippen LogP contribution in [0.3, 0.4) is 0 Å². The van der Waals surface area contributed by atoms with Crippen LogP contribution in [0.5, 0.6) is 17.2 Å². The van der Waals surface area contributed by atoms with Crippen LogP contribution in [0.2, 0.25) is 0 Å². The van der Waals surface area contributed by atoms with Gasteiger partial charge in [0.25, 0.3) is 0 Å². The van der Waals surface area contributed by atoms with Crippen molar-refractivity contribution in [3.05, 3.63) is 64.0 Å². The van der Waals surface area contributed by atoms with Crippen molar-refractivity contribution in [2.24, 2.45) is 5.92 Å². The minimum absolute atomic E-state index is 0.146. The Morgan fingerprint density at radius 3 is 2.47 bits per heavy atom. The molecule has 0 fully saturated rings. The molecule has 0 spiro atoms. The van der Waals surface area contributed by atoms with Crippen molar-refractivity contribution >= 4 is 22.8 Å². The van der Waals surface area contributed by atoms with E-state index in [0.29, 0.717) is 28.0 Å². The second kappa shape index (κ2) is 7.55. The molecule has 2 heterocycles. The monoisotopic (exact) mass is 409 g/mol. The zero-order chi connectivity index (χ0) is 21.4. The highest BCUT2D eigenvalue weighted by Gasteiger charge is 2.45. The largest absolute Gasteiger partial charge is 0.493 e. The van der Waals surface area contributed by atoms with Crippen LogP contribution in [0.1, 0.15) is 17.0 Å². The predicted octanol–water partition coefficient (Wildman–Crippen LogP) is 3.10. The van der Waals surface area contributed by atoms with Gasteiger partial charge in [-0.05, 0) is 29.8 Å². The molecule has 4 rings (SSSR count). The number of esters is 1. The number of benzene rings is 2. The Balaban J connectivity index is 2.03. The van der Waals surface area contributed by atoms with Crippen LogP contribution in [0, 0.1) is 11.3 Å². The summed E-state index contributed by atoms with van der Waals surface area (Å²) in [7, 11) is 4.22. The average molecular weight is 409 g/mol. The number of para-hydroxylation sites is 1. The first-order valence-electron chi connectivity index (χ1n) is 9.12. The Bertz CT molecular complexity index is 1210. The first-order valence-corrected chi connectivity index (χ1v) is 9.12. The fraction of sp³-hybridized carbons (Fsp3) is 0.227. The summed E-state index contributed by atoms with van der Waals surface area (Å²) >= 11 is 0. The Hall–Kier alpha value is -3.81. The first-order chi connectivity index (χ1) is 14.5. The Morgan fingerprint density at radius 2 is 1.77 bits per heavy atom. The molecular weight excluding hydrogens is 390 g/mol. The van der Waals surface area contributed by atoms with Gasteiger partial charge in [-0.1, -0.05) is 18.2 Å². The van der Waals surface area contributed by atoms with Gasteiger partial charge < -0.3 is 23.4 Å². The van der Waals surface area contributed by atoms with Gasteiger partial charge in [0.05, 0.1) is 32.3 Å². The molecule has 0 saturated heterocycles. The zero-order valence-corrected chi connectivity index (χ0v) is 16.6. The quantitative estimate of drug-likeness (QED) is 0.521. The second-order valence-corrected chi connectivity index (χ2v) is 6.69. The fourth-order valence-corrected chi connectivity index (χ4v) is 3.78. The van der Waals surface area contributed by atoms with Gasteiger partial charge in [0.1, 0.15) is 11.5 Å². The van der Waals surface area contributed by atoms with E-state index in [0.717, 1.165) is 0 Å². The van der Waals surface area contributed by atoms with E-state index >= 15 is 0 Å². The highest BCUT2D eigenvalue weighted by Crippen LogP contribution is 2.45. The number of fused-ring (bicyclic) bond motifs is 3. The van der Waals surface area contributed by atoms with Crippen molar-refractivity contribution in [3.8, 4) is 17.2 Å². The molecule has 0 radical (unpaired) electrons. The molecule has 30 heavy (non-hydrogen) atoms. The summed E-state index contributed by atoms with van der Waals surface area (Å²) < 4.78 is 26.7. The lowest BCUT2D eigenvalue weighted by Gasteiger charge is -2.32. The van der Waals surface area contributed by atoms with Crippen molar-refractivity contribution in [1.29, 1.82) is 5.41 Å². The van der Waals surface area contributed by atoms with E-state index in [9.17, 15) is 9.59 Å². The summed E-state index contributed by atoms with van der Waals surface area (Å²) in [5, 5.41) is 8.93. The number of nitrogens with one attached hydrogen (secondary N) is 1. The smallest absolute Gasteiger partial charge is 0.343 e. The van der Waals surface area contributed by atoms with E-state index in [1.54, 1.807) is 42.5 Å². The lowest BCUT2D eigenvalue weighted by Crippen LogP contribution is -2.40. The average Bonchev–Trinajstić information content (AvgIpc) is 2.77. The predicted molar refractivity (Wildman–Crippen MR) is 108 cm³/mol. The highest BCUT2D eigenvalue weighted by molar-refractivity contribution is 6.02. The topological polar surface area (TPSA) is 108 Å². The molecule has 2 aromatic carbocycles. The molecule has 1 aromatic heterocycles. The van der Waals surface area contributed by atoms with E-state index in [2.05, 4.69) is 0 Å². The lowest BCUT2D eigenvalue weighted by atomic mass is 9.78. The number of carbonyl (C=O) groups excluding carboxylic acids is 1. The molecule has 0 bridgehead atoms. The van der Waals surface area contributed by atoms with Gasteiger partial charge in [-0.15, -0.1) is 0 Å². The number of rotatable bonds is 4. The van der Waals surface area contributed by atoms with Gasteiger partial charge >= 0.3 is 11.6 Å². The maximum atomic E-state index is 13.0. The molecule has 2 atom stereocenters. The molecule has 0 amide bonds. The molecule has 2 unspecified atom stereocenters. The summed E-state index contributed by atoms with van der Waals surface area (Å²) in [6.07, 6.45) is 0. The third kappa shape index (κ3) is 2.97. The number of hydrogen-bond acceptors (Lipinski definition) is 8. The molecule has 0 saturated carbocycles. The SMILES string of the molecule is COC(=O)C1C(=N)Oc2c(c(=O)oc3ccccc23)C1c1ccc(OC)c(OC)c1. The maximum absolute atomic E-state index is 13.0. The van der Waals surface area contributed by atoms with E-state index in [-0.39, 0.29) is 17.2 Å². The molecule has 0 aliphatic carbocycles. The van der Waals surface area contributed by atoms with Crippen LogP contribution < -0.4 is 19.8 Å². The van der Waals surface area contributed by atoms with Crippen LogP contribution in [0.15, 0.2) is 51.7 Å². The molecular formula is C22H19NO7. The van der Waals surface area contributed by atoms with Crippen LogP contribution in [0.4, 0.5) is 0 Å². The van der Waals surface area contributed by atoms with Gasteiger partial charge in [0, 0.05) is 5.92 Å². The number of ether oxygens (including phenoxy) is 4. The second-order valence-electron chi connectivity index (χ2n) is 6.69. The van der Waals surface area contributed by atoms with Crippen LogP contribution in [0.25, 0.3) is 11.0 Å². The van der Waals surface area contributed by atoms with Crippen LogP contribution in [-0.2, 0) is 9.53 Å². The number of hydrogen-bond donors (Lipinski definition) is 1. The van der Waals surface area contributed by atoms with Crippen molar-refractivity contribution in [3.63, 3.8) is 0 Å². The molecule has 154 valence electrons. The lowest BCUT2D eigenvalue weighted by molar-refractivity contribution is -0.143. The van der Waals surface area contributed by atoms with Gasteiger partial charge in [0.15, 0.2) is 17.2 Å². The standard InChI is InChI=1S/C22H19NO7/c1-26-14-9-8-11(10-15(14)27-2)16-17-19(30-20(23)18(16)21(24)28-3)12-6-4-5-7-13(12)29-22(17)25/h4-10,16,18,23H,1-3H3. The zero-order valence-electron chi connectivity index (χ0n) is 16.6. The minimum Gasteiger partial charge on any atom is -0.493 e. The number of methoxy groups -OCH3 is 3. The van der Waals surface area contributed by atoms with Crippen LogP contribution in [-0.4, -0.2) is 33.2 Å². The van der Waals surface area contributed by atoms with Crippen molar-refractivity contribution < 1.29 is 28.2 Å². The van der Waals surface area contributed by atoms with Gasteiger partial charge in [-0.2, -0.15) is 0 Å². The molecule has 8 nitrogen and oxygen atoms in total.